The zero-order valence-electron chi connectivity index (χ0n) is 16.2. The summed E-state index contributed by atoms with van der Waals surface area (Å²) in [6.07, 6.45) is 6.81. The Morgan fingerprint density at radius 3 is 2.39 bits per heavy atom. The van der Waals surface area contributed by atoms with E-state index in [1.165, 1.54) is 25.7 Å². The number of rotatable bonds is 9. The molecule has 0 fully saturated rings. The molecule has 3 rings (SSSR count). The highest BCUT2D eigenvalue weighted by molar-refractivity contribution is 7.92. The summed E-state index contributed by atoms with van der Waals surface area (Å²) in [7, 11) is -3.71. The lowest BCUT2D eigenvalue weighted by atomic mass is 10.1. The first-order valence-electron chi connectivity index (χ1n) is 9.84. The van der Waals surface area contributed by atoms with Gasteiger partial charge in [-0.05, 0) is 42.7 Å². The van der Waals surface area contributed by atoms with Gasteiger partial charge in [0.25, 0.3) is 10.0 Å². The van der Waals surface area contributed by atoms with Crippen LogP contribution in [0, 0.1) is 0 Å². The largest absolute Gasteiger partial charge is 0.507 e. The van der Waals surface area contributed by atoms with E-state index in [1.54, 1.807) is 54.6 Å². The normalized spacial score (nSPS) is 11.6. The number of phenolic OH excluding ortho intramolecular Hbond substituents is 1. The lowest BCUT2D eigenvalue weighted by Crippen LogP contribution is -2.13. The molecule has 4 nitrogen and oxygen atoms in total. The van der Waals surface area contributed by atoms with Crippen molar-refractivity contribution in [2.75, 3.05) is 4.72 Å². The number of phenols is 1. The van der Waals surface area contributed by atoms with Crippen LogP contribution in [0.3, 0.4) is 0 Å². The predicted molar refractivity (Wildman–Crippen MR) is 115 cm³/mol. The smallest absolute Gasteiger partial charge is 0.261 e. The van der Waals surface area contributed by atoms with Gasteiger partial charge in [0, 0.05) is 10.8 Å². The molecule has 0 spiro atoms. The van der Waals surface area contributed by atoms with Crippen molar-refractivity contribution >= 4 is 26.5 Å². The molecule has 0 aliphatic heterocycles. The SMILES string of the molecule is CCCCCCCc1cccc(S(=O)(=O)Nc2cccc3c(O)cccc23)c1. The molecular formula is C23H27NO3S. The van der Waals surface area contributed by atoms with Gasteiger partial charge in [0.15, 0.2) is 0 Å². The minimum atomic E-state index is -3.71. The van der Waals surface area contributed by atoms with Crippen molar-refractivity contribution in [3.05, 3.63) is 66.2 Å². The summed E-state index contributed by atoms with van der Waals surface area (Å²) >= 11 is 0. The molecule has 0 aliphatic rings. The molecule has 5 heteroatoms. The van der Waals surface area contributed by atoms with Crippen molar-refractivity contribution in [2.45, 2.75) is 50.3 Å². The lowest BCUT2D eigenvalue weighted by Gasteiger charge is -2.12. The van der Waals surface area contributed by atoms with Crippen LogP contribution in [0.25, 0.3) is 10.8 Å². The molecule has 28 heavy (non-hydrogen) atoms. The zero-order valence-corrected chi connectivity index (χ0v) is 17.0. The van der Waals surface area contributed by atoms with Crippen LogP contribution in [0.5, 0.6) is 5.75 Å². The number of nitrogens with one attached hydrogen (secondary N) is 1. The predicted octanol–water partition coefficient (Wildman–Crippen LogP) is 5.86. The summed E-state index contributed by atoms with van der Waals surface area (Å²) in [5.74, 6) is 0.128. The maximum Gasteiger partial charge on any atom is 0.261 e. The minimum Gasteiger partial charge on any atom is -0.507 e. The van der Waals surface area contributed by atoms with E-state index in [9.17, 15) is 13.5 Å². The average molecular weight is 398 g/mol. The Kier molecular flexibility index (Phi) is 6.57. The third-order valence-corrected chi connectivity index (χ3v) is 6.28. The fourth-order valence-electron chi connectivity index (χ4n) is 3.39. The molecule has 148 valence electrons. The highest BCUT2D eigenvalue weighted by atomic mass is 32.2. The number of unbranched alkanes of at least 4 members (excludes halogenated alkanes) is 4. The van der Waals surface area contributed by atoms with Crippen LogP contribution in [-0.2, 0) is 16.4 Å². The van der Waals surface area contributed by atoms with Crippen LogP contribution < -0.4 is 4.72 Å². The number of hydrogen-bond acceptors (Lipinski definition) is 3. The van der Waals surface area contributed by atoms with E-state index in [1.807, 2.05) is 6.07 Å². The zero-order chi connectivity index (χ0) is 20.0. The summed E-state index contributed by atoms with van der Waals surface area (Å²) in [5.41, 5.74) is 1.49. The van der Waals surface area contributed by atoms with Crippen molar-refractivity contribution in [2.24, 2.45) is 0 Å². The average Bonchev–Trinajstić information content (AvgIpc) is 2.69. The molecule has 3 aromatic carbocycles. The molecule has 0 unspecified atom stereocenters. The molecule has 0 radical (unpaired) electrons. The van der Waals surface area contributed by atoms with Gasteiger partial charge >= 0.3 is 0 Å². The van der Waals surface area contributed by atoms with Gasteiger partial charge in [0.05, 0.1) is 10.6 Å². The highest BCUT2D eigenvalue weighted by Crippen LogP contribution is 2.31. The maximum atomic E-state index is 12.9. The van der Waals surface area contributed by atoms with E-state index < -0.39 is 10.0 Å². The third kappa shape index (κ3) is 4.84. The second-order valence-corrected chi connectivity index (χ2v) is 8.78. The van der Waals surface area contributed by atoms with Gasteiger partial charge in [-0.3, -0.25) is 4.72 Å². The summed E-state index contributed by atoms with van der Waals surface area (Å²) in [5, 5.41) is 11.3. The second-order valence-electron chi connectivity index (χ2n) is 7.09. The van der Waals surface area contributed by atoms with E-state index in [4.69, 9.17) is 0 Å². The van der Waals surface area contributed by atoms with Crippen molar-refractivity contribution in [1.29, 1.82) is 0 Å². The van der Waals surface area contributed by atoms with E-state index in [2.05, 4.69) is 11.6 Å². The van der Waals surface area contributed by atoms with Gasteiger partial charge in [-0.25, -0.2) is 8.42 Å². The number of anilines is 1. The highest BCUT2D eigenvalue weighted by Gasteiger charge is 2.16. The van der Waals surface area contributed by atoms with Gasteiger partial charge in [-0.15, -0.1) is 0 Å². The van der Waals surface area contributed by atoms with Gasteiger partial charge in [-0.1, -0.05) is 69.0 Å². The Labute approximate surface area is 167 Å². The van der Waals surface area contributed by atoms with Gasteiger partial charge in [0.2, 0.25) is 0 Å². The lowest BCUT2D eigenvalue weighted by molar-refractivity contribution is 0.481. The standard InChI is InChI=1S/C23H27NO3S/c1-2-3-4-5-6-10-18-11-7-12-19(17-18)28(26,27)24-22-15-8-14-21-20(22)13-9-16-23(21)25/h7-9,11-17,24-25H,2-6,10H2,1H3. The van der Waals surface area contributed by atoms with E-state index >= 15 is 0 Å². The molecule has 0 amide bonds. The summed E-state index contributed by atoms with van der Waals surface area (Å²) in [6, 6.07) is 17.4. The van der Waals surface area contributed by atoms with Gasteiger partial charge in [0.1, 0.15) is 5.75 Å². The number of aromatic hydroxyl groups is 1. The van der Waals surface area contributed by atoms with E-state index in [0.717, 1.165) is 18.4 Å². The topological polar surface area (TPSA) is 66.4 Å². The van der Waals surface area contributed by atoms with Gasteiger partial charge in [-0.2, -0.15) is 0 Å². The molecule has 0 aromatic heterocycles. The monoisotopic (exact) mass is 397 g/mol. The third-order valence-electron chi connectivity index (χ3n) is 4.92. The van der Waals surface area contributed by atoms with Crippen molar-refractivity contribution in [3.63, 3.8) is 0 Å². The molecule has 0 atom stereocenters. The molecule has 0 aliphatic carbocycles. The van der Waals surface area contributed by atoms with Crippen LogP contribution >= 0.6 is 0 Å². The molecule has 0 bridgehead atoms. The first-order chi connectivity index (χ1) is 13.5. The Bertz CT molecular complexity index is 1040. The molecular weight excluding hydrogens is 370 g/mol. The Hall–Kier alpha value is -2.53. The van der Waals surface area contributed by atoms with Crippen LogP contribution in [0.4, 0.5) is 5.69 Å². The second kappa shape index (κ2) is 9.11. The number of hydrogen-bond donors (Lipinski definition) is 2. The summed E-state index contributed by atoms with van der Waals surface area (Å²) in [6.45, 7) is 2.19. The minimum absolute atomic E-state index is 0.128. The Balaban J connectivity index is 1.78. The molecule has 3 aromatic rings. The van der Waals surface area contributed by atoms with Crippen molar-refractivity contribution in [1.82, 2.24) is 0 Å². The number of aryl methyl sites for hydroxylation is 1. The summed E-state index contributed by atoms with van der Waals surface area (Å²) in [4.78, 5) is 0.260. The first kappa shape index (κ1) is 20.2. The maximum absolute atomic E-state index is 12.9. The van der Waals surface area contributed by atoms with E-state index in [-0.39, 0.29) is 10.6 Å². The molecule has 2 N–H and O–H groups in total. The van der Waals surface area contributed by atoms with Crippen molar-refractivity contribution in [3.8, 4) is 5.75 Å². The van der Waals surface area contributed by atoms with Crippen LogP contribution in [-0.4, -0.2) is 13.5 Å². The van der Waals surface area contributed by atoms with Gasteiger partial charge < -0.3 is 5.11 Å². The number of sulfonamides is 1. The molecule has 0 saturated heterocycles. The first-order valence-corrected chi connectivity index (χ1v) is 11.3. The van der Waals surface area contributed by atoms with Crippen molar-refractivity contribution < 1.29 is 13.5 Å². The fraction of sp³-hybridized carbons (Fsp3) is 0.304. The van der Waals surface area contributed by atoms with E-state index in [0.29, 0.717) is 16.5 Å². The fourth-order valence-corrected chi connectivity index (χ4v) is 4.54. The Morgan fingerprint density at radius 2 is 1.57 bits per heavy atom. The molecule has 0 heterocycles. The van der Waals surface area contributed by atoms with Crippen LogP contribution in [0.2, 0.25) is 0 Å². The van der Waals surface area contributed by atoms with Crippen LogP contribution in [0.15, 0.2) is 65.6 Å². The summed E-state index contributed by atoms with van der Waals surface area (Å²) < 4.78 is 28.5. The quantitative estimate of drug-likeness (QED) is 0.445. The van der Waals surface area contributed by atoms with Crippen LogP contribution in [0.1, 0.15) is 44.6 Å². The Morgan fingerprint density at radius 1 is 0.857 bits per heavy atom. The number of fused-ring (bicyclic) bond motifs is 1. The molecule has 0 saturated carbocycles. The number of benzene rings is 3.